The SMILES string of the molecule is Cc1nc(C2CCC(C)CC2)nc(C)c1CNC1CC1. The average molecular weight is 273 g/mol. The van der Waals surface area contributed by atoms with E-state index in [4.69, 9.17) is 9.97 Å². The molecule has 0 spiro atoms. The molecule has 0 unspecified atom stereocenters. The molecule has 3 nitrogen and oxygen atoms in total. The van der Waals surface area contributed by atoms with E-state index in [2.05, 4.69) is 26.1 Å². The second-order valence-corrected chi connectivity index (χ2v) is 6.84. The van der Waals surface area contributed by atoms with Gasteiger partial charge < -0.3 is 5.32 Å². The number of nitrogens with zero attached hydrogens (tertiary/aromatic N) is 2. The number of rotatable bonds is 4. The largest absolute Gasteiger partial charge is 0.310 e. The minimum absolute atomic E-state index is 0.592. The van der Waals surface area contributed by atoms with E-state index in [9.17, 15) is 0 Å². The van der Waals surface area contributed by atoms with Crippen LogP contribution in [0.4, 0.5) is 0 Å². The minimum Gasteiger partial charge on any atom is -0.310 e. The van der Waals surface area contributed by atoms with Crippen LogP contribution >= 0.6 is 0 Å². The number of aryl methyl sites for hydroxylation is 2. The van der Waals surface area contributed by atoms with Crippen LogP contribution in [0.5, 0.6) is 0 Å². The molecule has 3 heteroatoms. The maximum atomic E-state index is 4.83. The molecule has 0 amide bonds. The van der Waals surface area contributed by atoms with Crippen molar-refractivity contribution in [3.05, 3.63) is 22.8 Å². The molecule has 0 atom stereocenters. The topological polar surface area (TPSA) is 37.8 Å². The van der Waals surface area contributed by atoms with Gasteiger partial charge in [0.25, 0.3) is 0 Å². The Bertz CT molecular complexity index is 448. The van der Waals surface area contributed by atoms with Crippen LogP contribution in [-0.4, -0.2) is 16.0 Å². The van der Waals surface area contributed by atoms with Gasteiger partial charge in [-0.1, -0.05) is 19.8 Å². The van der Waals surface area contributed by atoms with Crippen molar-refractivity contribution in [2.24, 2.45) is 5.92 Å². The summed E-state index contributed by atoms with van der Waals surface area (Å²) in [6.07, 6.45) is 7.85. The maximum Gasteiger partial charge on any atom is 0.131 e. The highest BCUT2D eigenvalue weighted by atomic mass is 15.0. The normalized spacial score (nSPS) is 26.8. The first-order chi connectivity index (χ1) is 9.63. The first-order valence-electron chi connectivity index (χ1n) is 8.21. The Kier molecular flexibility index (Phi) is 4.06. The third kappa shape index (κ3) is 3.20. The summed E-state index contributed by atoms with van der Waals surface area (Å²) in [5.74, 6) is 2.58. The van der Waals surface area contributed by atoms with E-state index in [-0.39, 0.29) is 0 Å². The zero-order chi connectivity index (χ0) is 14.1. The Morgan fingerprint density at radius 1 is 0.950 bits per heavy atom. The average Bonchev–Trinajstić information content (AvgIpc) is 3.22. The number of aromatic nitrogens is 2. The lowest BCUT2D eigenvalue weighted by atomic mass is 9.82. The van der Waals surface area contributed by atoms with E-state index < -0.39 is 0 Å². The fourth-order valence-electron chi connectivity index (χ4n) is 3.26. The van der Waals surface area contributed by atoms with Gasteiger partial charge in [-0.25, -0.2) is 9.97 Å². The third-order valence-electron chi connectivity index (χ3n) is 4.96. The summed E-state index contributed by atoms with van der Waals surface area (Å²) < 4.78 is 0. The summed E-state index contributed by atoms with van der Waals surface area (Å²) in [6, 6.07) is 0.744. The first kappa shape index (κ1) is 14.0. The molecule has 0 saturated heterocycles. The van der Waals surface area contributed by atoms with Crippen LogP contribution in [0, 0.1) is 19.8 Å². The summed E-state index contributed by atoms with van der Waals surface area (Å²) in [7, 11) is 0. The molecule has 110 valence electrons. The van der Waals surface area contributed by atoms with Crippen molar-refractivity contribution in [1.29, 1.82) is 0 Å². The lowest BCUT2D eigenvalue weighted by molar-refractivity contribution is 0.339. The van der Waals surface area contributed by atoms with Crippen LogP contribution in [0.1, 0.15) is 74.1 Å². The highest BCUT2D eigenvalue weighted by molar-refractivity contribution is 5.25. The van der Waals surface area contributed by atoms with Crippen molar-refractivity contribution in [2.75, 3.05) is 0 Å². The highest BCUT2D eigenvalue weighted by Gasteiger charge is 2.24. The van der Waals surface area contributed by atoms with Crippen LogP contribution in [0.25, 0.3) is 0 Å². The third-order valence-corrected chi connectivity index (χ3v) is 4.96. The molecule has 2 fully saturated rings. The van der Waals surface area contributed by atoms with Gasteiger partial charge in [-0.15, -0.1) is 0 Å². The van der Waals surface area contributed by atoms with Crippen LogP contribution in [0.3, 0.4) is 0 Å². The molecule has 1 aromatic rings. The molecular weight excluding hydrogens is 246 g/mol. The summed E-state index contributed by atoms with van der Waals surface area (Å²) >= 11 is 0. The van der Waals surface area contributed by atoms with Gasteiger partial charge in [-0.2, -0.15) is 0 Å². The van der Waals surface area contributed by atoms with E-state index in [1.54, 1.807) is 0 Å². The van der Waals surface area contributed by atoms with Gasteiger partial charge >= 0.3 is 0 Å². The molecule has 0 aliphatic heterocycles. The van der Waals surface area contributed by atoms with E-state index >= 15 is 0 Å². The van der Waals surface area contributed by atoms with Crippen molar-refractivity contribution in [1.82, 2.24) is 15.3 Å². The van der Waals surface area contributed by atoms with Crippen molar-refractivity contribution in [3.8, 4) is 0 Å². The van der Waals surface area contributed by atoms with Crippen molar-refractivity contribution in [2.45, 2.75) is 77.8 Å². The van der Waals surface area contributed by atoms with Gasteiger partial charge in [0.1, 0.15) is 5.82 Å². The molecule has 1 heterocycles. The predicted molar refractivity (Wildman–Crippen MR) is 81.7 cm³/mol. The fourth-order valence-corrected chi connectivity index (χ4v) is 3.26. The Labute approximate surface area is 122 Å². The lowest BCUT2D eigenvalue weighted by Crippen LogP contribution is -2.20. The van der Waals surface area contributed by atoms with Crippen molar-refractivity contribution in [3.63, 3.8) is 0 Å². The lowest BCUT2D eigenvalue weighted by Gasteiger charge is -2.25. The molecule has 0 aromatic carbocycles. The summed E-state index contributed by atoms with van der Waals surface area (Å²) in [5, 5.41) is 3.58. The molecule has 2 aliphatic carbocycles. The minimum atomic E-state index is 0.592. The van der Waals surface area contributed by atoms with Gasteiger partial charge in [-0.3, -0.25) is 0 Å². The summed E-state index contributed by atoms with van der Waals surface area (Å²) in [6.45, 7) is 7.59. The van der Waals surface area contributed by atoms with Gasteiger partial charge in [0, 0.05) is 35.5 Å². The molecule has 1 N–H and O–H groups in total. The Morgan fingerprint density at radius 3 is 2.10 bits per heavy atom. The van der Waals surface area contributed by atoms with Crippen LogP contribution in [-0.2, 0) is 6.54 Å². The maximum absolute atomic E-state index is 4.83. The van der Waals surface area contributed by atoms with Crippen LogP contribution < -0.4 is 5.32 Å². The Hall–Kier alpha value is -0.960. The van der Waals surface area contributed by atoms with Crippen LogP contribution in [0.15, 0.2) is 0 Å². The van der Waals surface area contributed by atoms with Crippen molar-refractivity contribution < 1.29 is 0 Å². The molecule has 20 heavy (non-hydrogen) atoms. The predicted octanol–water partition coefficient (Wildman–Crippen LogP) is 3.64. The fraction of sp³-hybridized carbons (Fsp3) is 0.765. The summed E-state index contributed by atoms with van der Waals surface area (Å²) in [5.41, 5.74) is 3.67. The second kappa shape index (κ2) is 5.80. The van der Waals surface area contributed by atoms with Gasteiger partial charge in [0.05, 0.1) is 0 Å². The molecular formula is C17H27N3. The van der Waals surface area contributed by atoms with Gasteiger partial charge in [0.2, 0.25) is 0 Å². The number of nitrogens with one attached hydrogen (secondary N) is 1. The highest BCUT2D eigenvalue weighted by Crippen LogP contribution is 2.34. The molecule has 0 bridgehead atoms. The van der Waals surface area contributed by atoms with E-state index in [1.807, 2.05) is 0 Å². The molecule has 2 aliphatic rings. The molecule has 2 saturated carbocycles. The quantitative estimate of drug-likeness (QED) is 0.910. The first-order valence-corrected chi connectivity index (χ1v) is 8.21. The Morgan fingerprint density at radius 2 is 1.55 bits per heavy atom. The molecule has 3 rings (SSSR count). The van der Waals surface area contributed by atoms with E-state index in [0.29, 0.717) is 5.92 Å². The summed E-state index contributed by atoms with van der Waals surface area (Å²) in [4.78, 5) is 9.66. The monoisotopic (exact) mass is 273 g/mol. The second-order valence-electron chi connectivity index (χ2n) is 6.84. The number of hydrogen-bond donors (Lipinski definition) is 1. The van der Waals surface area contributed by atoms with Gasteiger partial charge in [-0.05, 0) is 45.4 Å². The number of hydrogen-bond acceptors (Lipinski definition) is 3. The standard InChI is InChI=1S/C17H27N3/c1-11-4-6-14(7-5-11)17-19-12(2)16(13(3)20-17)10-18-15-8-9-15/h11,14-15,18H,4-10H2,1-3H3. The van der Waals surface area contributed by atoms with Crippen molar-refractivity contribution >= 4 is 0 Å². The molecule has 1 aromatic heterocycles. The zero-order valence-corrected chi connectivity index (χ0v) is 13.1. The Balaban J connectivity index is 1.72. The molecule has 0 radical (unpaired) electrons. The smallest absolute Gasteiger partial charge is 0.131 e. The zero-order valence-electron chi connectivity index (χ0n) is 13.1. The van der Waals surface area contributed by atoms with Gasteiger partial charge in [0.15, 0.2) is 0 Å². The van der Waals surface area contributed by atoms with E-state index in [0.717, 1.165) is 24.3 Å². The van der Waals surface area contributed by atoms with E-state index in [1.165, 1.54) is 55.5 Å². The van der Waals surface area contributed by atoms with Crippen LogP contribution in [0.2, 0.25) is 0 Å².